The van der Waals surface area contributed by atoms with E-state index in [2.05, 4.69) is 26.9 Å². The number of fused-ring (bicyclic) bond motifs is 1. The van der Waals surface area contributed by atoms with Gasteiger partial charge in [-0.3, -0.25) is 0 Å². The van der Waals surface area contributed by atoms with Crippen molar-refractivity contribution in [1.82, 2.24) is 15.1 Å². The number of hydrogen-bond acceptors (Lipinski definition) is 6. The van der Waals surface area contributed by atoms with Crippen molar-refractivity contribution in [1.29, 1.82) is 0 Å². The Bertz CT molecular complexity index is 881. The number of likely N-dealkylation sites (tertiary alicyclic amines) is 1. The molecule has 2 aromatic rings. The van der Waals surface area contributed by atoms with Crippen LogP contribution in [0, 0.1) is 6.92 Å². The molecule has 6 nitrogen and oxygen atoms in total. The molecule has 2 atom stereocenters. The number of aromatic hydroxyl groups is 1. The molecule has 4 rings (SSSR count). The summed E-state index contributed by atoms with van der Waals surface area (Å²) in [4.78, 5) is 4.58. The second-order valence-corrected chi connectivity index (χ2v) is 7.81. The number of piperidine rings is 1. The van der Waals surface area contributed by atoms with Gasteiger partial charge in [0.15, 0.2) is 5.82 Å². The van der Waals surface area contributed by atoms with Crippen molar-refractivity contribution in [2.45, 2.75) is 38.6 Å². The zero-order valence-corrected chi connectivity index (χ0v) is 17.0. The smallest absolute Gasteiger partial charge is 0.416 e. The highest BCUT2D eigenvalue weighted by Crippen LogP contribution is 2.38. The van der Waals surface area contributed by atoms with Gasteiger partial charge in [-0.2, -0.15) is 13.2 Å². The van der Waals surface area contributed by atoms with Crippen LogP contribution in [-0.4, -0.2) is 65.1 Å². The van der Waals surface area contributed by atoms with Crippen LogP contribution in [0.15, 0.2) is 24.3 Å². The van der Waals surface area contributed by atoms with Gasteiger partial charge in [-0.25, -0.2) is 0 Å². The molecule has 2 aliphatic heterocycles. The summed E-state index contributed by atoms with van der Waals surface area (Å²) in [5, 5.41) is 18.8. The average molecular weight is 422 g/mol. The SMILES string of the molecule is CCN1CCC2OCCN(c3ccc(-c4c(C)cc(C(F)(F)F)cc4O)nn3)[C@H]2C1. The summed E-state index contributed by atoms with van der Waals surface area (Å²) in [7, 11) is 0. The fourth-order valence-electron chi connectivity index (χ4n) is 4.39. The third-order valence-electron chi connectivity index (χ3n) is 5.96. The van der Waals surface area contributed by atoms with E-state index >= 15 is 0 Å². The second kappa shape index (κ2) is 8.03. The quantitative estimate of drug-likeness (QED) is 0.817. The molecular weight excluding hydrogens is 397 g/mol. The number of aryl methyl sites for hydroxylation is 1. The molecule has 0 spiro atoms. The number of hydrogen-bond donors (Lipinski definition) is 1. The van der Waals surface area contributed by atoms with Crippen molar-refractivity contribution >= 4 is 5.82 Å². The zero-order valence-electron chi connectivity index (χ0n) is 17.0. The van der Waals surface area contributed by atoms with E-state index in [1.165, 1.54) is 6.92 Å². The molecule has 1 aromatic heterocycles. The van der Waals surface area contributed by atoms with Crippen molar-refractivity contribution in [2.24, 2.45) is 0 Å². The number of phenolic OH excluding ortho intramolecular Hbond substituents is 1. The van der Waals surface area contributed by atoms with Crippen molar-refractivity contribution in [3.05, 3.63) is 35.4 Å². The number of rotatable bonds is 3. The van der Waals surface area contributed by atoms with E-state index in [1.807, 2.05) is 6.07 Å². The lowest BCUT2D eigenvalue weighted by Crippen LogP contribution is -2.60. The number of ether oxygens (including phenoxy) is 1. The second-order valence-electron chi connectivity index (χ2n) is 7.81. The van der Waals surface area contributed by atoms with E-state index in [9.17, 15) is 18.3 Å². The third kappa shape index (κ3) is 3.96. The van der Waals surface area contributed by atoms with Gasteiger partial charge in [0, 0.05) is 25.2 Å². The molecule has 1 N–H and O–H groups in total. The van der Waals surface area contributed by atoms with E-state index in [0.717, 1.165) is 38.2 Å². The highest BCUT2D eigenvalue weighted by atomic mass is 19.4. The van der Waals surface area contributed by atoms with Gasteiger partial charge in [0.1, 0.15) is 5.75 Å². The van der Waals surface area contributed by atoms with Gasteiger partial charge in [0.2, 0.25) is 0 Å². The summed E-state index contributed by atoms with van der Waals surface area (Å²) in [6, 6.07) is 5.44. The first-order chi connectivity index (χ1) is 14.3. The first-order valence-corrected chi connectivity index (χ1v) is 10.1. The van der Waals surface area contributed by atoms with E-state index in [-0.39, 0.29) is 17.7 Å². The Balaban J connectivity index is 1.60. The molecule has 0 radical (unpaired) electrons. The molecule has 0 amide bonds. The van der Waals surface area contributed by atoms with Crippen LogP contribution in [0.25, 0.3) is 11.3 Å². The maximum absolute atomic E-state index is 13.0. The Morgan fingerprint density at radius 1 is 1.20 bits per heavy atom. The van der Waals surface area contributed by atoms with Gasteiger partial charge in [0.25, 0.3) is 0 Å². The van der Waals surface area contributed by atoms with Gasteiger partial charge in [-0.1, -0.05) is 6.92 Å². The van der Waals surface area contributed by atoms with Crippen molar-refractivity contribution in [2.75, 3.05) is 37.7 Å². The van der Waals surface area contributed by atoms with Crippen LogP contribution in [0.3, 0.4) is 0 Å². The lowest BCUT2D eigenvalue weighted by molar-refractivity contribution is -0.137. The number of benzene rings is 1. The zero-order chi connectivity index (χ0) is 21.5. The first kappa shape index (κ1) is 20.9. The number of alkyl halides is 3. The molecule has 2 fully saturated rings. The lowest BCUT2D eigenvalue weighted by atomic mass is 9.98. The van der Waals surface area contributed by atoms with Gasteiger partial charge in [-0.15, -0.1) is 10.2 Å². The Hall–Kier alpha value is -2.39. The van der Waals surface area contributed by atoms with Crippen LogP contribution in [0.5, 0.6) is 5.75 Å². The number of nitrogens with zero attached hydrogens (tertiary/aromatic N) is 4. The molecule has 0 aliphatic carbocycles. The molecule has 9 heteroatoms. The lowest BCUT2D eigenvalue weighted by Gasteiger charge is -2.47. The fraction of sp³-hybridized carbons (Fsp3) is 0.524. The van der Waals surface area contributed by atoms with Crippen LogP contribution in [-0.2, 0) is 10.9 Å². The minimum Gasteiger partial charge on any atom is -0.507 e. The largest absolute Gasteiger partial charge is 0.507 e. The Kier molecular flexibility index (Phi) is 5.59. The molecule has 0 saturated carbocycles. The standard InChI is InChI=1S/C21H25F3N4O2/c1-3-27-7-6-18-16(12-27)28(8-9-30-18)19-5-4-15(25-26-19)20-13(2)10-14(11-17(20)29)21(22,23)24/h4-5,10-11,16,18,29H,3,6-9,12H2,1-2H3/t16-,18?/m0/s1. The van der Waals surface area contributed by atoms with E-state index in [1.54, 1.807) is 6.07 Å². The fourth-order valence-corrected chi connectivity index (χ4v) is 4.39. The predicted molar refractivity (Wildman–Crippen MR) is 106 cm³/mol. The third-order valence-corrected chi connectivity index (χ3v) is 5.96. The van der Waals surface area contributed by atoms with Crippen LogP contribution in [0.4, 0.5) is 19.0 Å². The Morgan fingerprint density at radius 2 is 2.00 bits per heavy atom. The van der Waals surface area contributed by atoms with Gasteiger partial charge < -0.3 is 19.6 Å². The Labute approximate surface area is 173 Å². The number of likely N-dealkylation sites (N-methyl/N-ethyl adjacent to an activating group) is 1. The number of aromatic nitrogens is 2. The first-order valence-electron chi connectivity index (χ1n) is 10.1. The van der Waals surface area contributed by atoms with Gasteiger partial charge in [0.05, 0.1) is 30.0 Å². The average Bonchev–Trinajstić information content (AvgIpc) is 2.72. The van der Waals surface area contributed by atoms with Crippen LogP contribution >= 0.6 is 0 Å². The summed E-state index contributed by atoms with van der Waals surface area (Å²) in [5.74, 6) is 0.251. The minimum absolute atomic E-state index is 0.157. The van der Waals surface area contributed by atoms with E-state index < -0.39 is 17.5 Å². The number of halogens is 3. The molecule has 0 bridgehead atoms. The summed E-state index contributed by atoms with van der Waals surface area (Å²) in [6.07, 6.45) is -3.39. The summed E-state index contributed by atoms with van der Waals surface area (Å²) in [5.41, 5.74) is 0.00693. The number of morpholine rings is 1. The molecule has 2 saturated heterocycles. The van der Waals surface area contributed by atoms with Crippen LogP contribution in [0.2, 0.25) is 0 Å². The summed E-state index contributed by atoms with van der Waals surface area (Å²) < 4.78 is 44.9. The van der Waals surface area contributed by atoms with E-state index in [0.29, 0.717) is 30.2 Å². The van der Waals surface area contributed by atoms with Crippen molar-refractivity contribution in [3.63, 3.8) is 0 Å². The highest BCUT2D eigenvalue weighted by molar-refractivity contribution is 5.71. The maximum Gasteiger partial charge on any atom is 0.416 e. The maximum atomic E-state index is 13.0. The molecular formula is C21H25F3N4O2. The topological polar surface area (TPSA) is 61.7 Å². The molecule has 2 aliphatic rings. The van der Waals surface area contributed by atoms with Gasteiger partial charge >= 0.3 is 6.18 Å². The summed E-state index contributed by atoms with van der Waals surface area (Å²) in [6.45, 7) is 7.88. The number of phenols is 1. The molecule has 1 aromatic carbocycles. The molecule has 30 heavy (non-hydrogen) atoms. The molecule has 162 valence electrons. The minimum atomic E-state index is -4.52. The monoisotopic (exact) mass is 422 g/mol. The normalized spacial score (nSPS) is 22.8. The Morgan fingerprint density at radius 3 is 2.63 bits per heavy atom. The summed E-state index contributed by atoms with van der Waals surface area (Å²) >= 11 is 0. The van der Waals surface area contributed by atoms with E-state index in [4.69, 9.17) is 4.74 Å². The predicted octanol–water partition coefficient (Wildman–Crippen LogP) is 3.48. The van der Waals surface area contributed by atoms with Crippen LogP contribution in [0.1, 0.15) is 24.5 Å². The highest BCUT2D eigenvalue weighted by Gasteiger charge is 2.37. The van der Waals surface area contributed by atoms with Crippen molar-refractivity contribution in [3.8, 4) is 17.0 Å². The number of anilines is 1. The molecule has 1 unspecified atom stereocenters. The van der Waals surface area contributed by atoms with Crippen LogP contribution < -0.4 is 4.90 Å². The van der Waals surface area contributed by atoms with Crippen molar-refractivity contribution < 1.29 is 23.0 Å². The van der Waals surface area contributed by atoms with Gasteiger partial charge in [-0.05, 0) is 49.7 Å². The molecule has 3 heterocycles.